The summed E-state index contributed by atoms with van der Waals surface area (Å²) >= 11 is 0. The van der Waals surface area contributed by atoms with Gasteiger partial charge in [0.2, 0.25) is 0 Å². The van der Waals surface area contributed by atoms with E-state index in [4.69, 9.17) is 28.4 Å². The average Bonchev–Trinajstić information content (AvgIpc) is 4.16. The van der Waals surface area contributed by atoms with E-state index < -0.39 is 17.9 Å². The second-order valence-corrected chi connectivity index (χ2v) is 17.5. The number of carbonyl (C=O) groups excluding carboxylic acids is 3. The number of rotatable bonds is 15. The predicted octanol–water partition coefficient (Wildman–Crippen LogP) is 13.4. The normalized spacial score (nSPS) is 16.6. The number of aryl methyl sites for hydroxylation is 1. The number of fused-ring (bicyclic) bond motifs is 3. The van der Waals surface area contributed by atoms with E-state index in [1.165, 1.54) is 0 Å². The first-order chi connectivity index (χ1) is 33.3. The minimum atomic E-state index is -0.622. The summed E-state index contributed by atoms with van der Waals surface area (Å²) in [4.78, 5) is 40.8. The highest BCUT2D eigenvalue weighted by atomic mass is 16.7. The van der Waals surface area contributed by atoms with Crippen LogP contribution in [0.3, 0.4) is 0 Å². The first-order valence-corrected chi connectivity index (χ1v) is 23.3. The molecule has 8 aromatic carbocycles. The Morgan fingerprint density at radius 3 is 1.60 bits per heavy atom. The molecule has 1 saturated carbocycles. The van der Waals surface area contributed by atoms with Crippen LogP contribution in [0.5, 0.6) is 23.0 Å². The highest BCUT2D eigenvalue weighted by Gasteiger charge is 2.44. The minimum absolute atomic E-state index is 0.244. The van der Waals surface area contributed by atoms with Crippen LogP contribution in [-0.4, -0.2) is 43.0 Å². The lowest BCUT2D eigenvalue weighted by Gasteiger charge is -2.24. The molecule has 0 N–H and O–H groups in total. The van der Waals surface area contributed by atoms with Crippen molar-refractivity contribution in [2.24, 2.45) is 5.92 Å². The fourth-order valence-corrected chi connectivity index (χ4v) is 8.99. The molecule has 9 nitrogen and oxygen atoms in total. The Balaban J connectivity index is 0.812. The lowest BCUT2D eigenvalue weighted by atomic mass is 9.90. The number of epoxide rings is 1. The van der Waals surface area contributed by atoms with Gasteiger partial charge in [-0.2, -0.15) is 0 Å². The second-order valence-electron chi connectivity index (χ2n) is 17.5. The van der Waals surface area contributed by atoms with Gasteiger partial charge in [0.1, 0.15) is 23.0 Å². The molecule has 1 aliphatic carbocycles. The number of benzene rings is 8. The molecule has 10 rings (SSSR count). The molecule has 0 radical (unpaired) electrons. The molecule has 0 aromatic heterocycles. The number of hydrogen-bond donors (Lipinski definition) is 0. The molecule has 2 aliphatic rings. The topological polar surface area (TPSA) is 110 Å². The van der Waals surface area contributed by atoms with Gasteiger partial charge >= 0.3 is 17.9 Å². The third kappa shape index (κ3) is 9.91. The monoisotopic (exact) mass is 902 g/mol. The summed E-state index contributed by atoms with van der Waals surface area (Å²) < 4.78 is 36.2. The SMILES string of the molecule is CCCC(OCC1CCC2OC2C1)Oc1ccc(-c2ccc(C(=O)Oc3ccc(C(=O)Oc4ccc5ccccc5c4-c4c(OC(=O)c5ccc(C)cc5)ccc5ccccc45)cc3)cc2)cc1. The largest absolute Gasteiger partial charge is 0.465 e. The van der Waals surface area contributed by atoms with Gasteiger partial charge in [-0.15, -0.1) is 0 Å². The van der Waals surface area contributed by atoms with E-state index in [1.807, 2.05) is 116 Å². The number of ether oxygens (including phenoxy) is 6. The van der Waals surface area contributed by atoms with E-state index in [0.29, 0.717) is 52.7 Å². The molecular formula is C59H50O9. The van der Waals surface area contributed by atoms with Crippen LogP contribution in [0.4, 0.5) is 0 Å². The number of carbonyl (C=O) groups is 3. The van der Waals surface area contributed by atoms with E-state index in [-0.39, 0.29) is 23.4 Å². The van der Waals surface area contributed by atoms with Crippen molar-refractivity contribution in [1.29, 1.82) is 0 Å². The molecule has 0 spiro atoms. The average molecular weight is 903 g/mol. The first-order valence-electron chi connectivity index (χ1n) is 23.3. The van der Waals surface area contributed by atoms with Crippen LogP contribution in [0.25, 0.3) is 43.8 Å². The molecule has 2 fully saturated rings. The second kappa shape index (κ2) is 19.7. The Morgan fingerprint density at radius 2 is 1.04 bits per heavy atom. The molecular weight excluding hydrogens is 853 g/mol. The van der Waals surface area contributed by atoms with Gasteiger partial charge in [0.25, 0.3) is 0 Å². The maximum atomic E-state index is 13.9. The molecule has 340 valence electrons. The molecule has 0 bridgehead atoms. The molecule has 4 atom stereocenters. The van der Waals surface area contributed by atoms with E-state index in [2.05, 4.69) is 6.92 Å². The predicted molar refractivity (Wildman–Crippen MR) is 263 cm³/mol. The number of hydrogen-bond acceptors (Lipinski definition) is 9. The Kier molecular flexibility index (Phi) is 12.8. The molecule has 4 unspecified atom stereocenters. The van der Waals surface area contributed by atoms with Crippen molar-refractivity contribution in [2.45, 2.75) is 64.4 Å². The zero-order chi connectivity index (χ0) is 46.6. The fourth-order valence-electron chi connectivity index (χ4n) is 8.99. The summed E-state index contributed by atoms with van der Waals surface area (Å²) in [5, 5.41) is 3.44. The Labute approximate surface area is 395 Å². The van der Waals surface area contributed by atoms with Crippen LogP contribution in [0.15, 0.2) is 170 Å². The first kappa shape index (κ1) is 44.3. The standard InChI is InChI=1S/C59H50O9/c1-3-8-54(63-36-38-15-32-50-53(35-38)66-50)64-46-28-22-40(23-29-46)39-18-20-44(21-19-39)57(60)65-47-30-24-45(25-31-47)59(62)68-52-34-27-42-10-5-7-12-49(42)56(52)55-48-11-6-4-9-41(48)26-33-51(55)67-58(61)43-16-13-37(2)14-17-43/h4-7,9-14,16-31,33-34,38,50,53-54H,3,8,15,32,35-36H2,1-2H3. The maximum Gasteiger partial charge on any atom is 0.343 e. The van der Waals surface area contributed by atoms with Crippen molar-refractivity contribution in [3.63, 3.8) is 0 Å². The van der Waals surface area contributed by atoms with Crippen LogP contribution in [-0.2, 0) is 9.47 Å². The van der Waals surface area contributed by atoms with Crippen LogP contribution in [0.2, 0.25) is 0 Å². The van der Waals surface area contributed by atoms with Crippen molar-refractivity contribution >= 4 is 39.5 Å². The zero-order valence-corrected chi connectivity index (χ0v) is 37.9. The van der Waals surface area contributed by atoms with Crippen LogP contribution in [0, 0.1) is 12.8 Å². The summed E-state index contributed by atoms with van der Waals surface area (Å²) in [5.74, 6) is 0.462. The van der Waals surface area contributed by atoms with Gasteiger partial charge in [0.05, 0.1) is 35.5 Å². The summed E-state index contributed by atoms with van der Waals surface area (Å²) in [6.07, 6.45) is 5.71. The van der Waals surface area contributed by atoms with Crippen LogP contribution in [0.1, 0.15) is 75.7 Å². The molecule has 9 heteroatoms. The van der Waals surface area contributed by atoms with Crippen molar-refractivity contribution in [2.75, 3.05) is 6.61 Å². The third-order valence-electron chi connectivity index (χ3n) is 12.8. The van der Waals surface area contributed by atoms with Crippen molar-refractivity contribution in [3.8, 4) is 45.3 Å². The maximum absolute atomic E-state index is 13.9. The quantitative estimate of drug-likeness (QED) is 0.0430. The van der Waals surface area contributed by atoms with Gasteiger partial charge in [0, 0.05) is 17.5 Å². The Morgan fingerprint density at radius 1 is 0.544 bits per heavy atom. The van der Waals surface area contributed by atoms with E-state index in [1.54, 1.807) is 60.7 Å². The van der Waals surface area contributed by atoms with Gasteiger partial charge in [-0.05, 0) is 138 Å². The molecule has 8 aromatic rings. The summed E-state index contributed by atoms with van der Waals surface area (Å²) in [6, 6.07) is 51.4. The highest BCUT2D eigenvalue weighted by molar-refractivity contribution is 6.11. The van der Waals surface area contributed by atoms with E-state index >= 15 is 0 Å². The molecule has 68 heavy (non-hydrogen) atoms. The smallest absolute Gasteiger partial charge is 0.343 e. The van der Waals surface area contributed by atoms with Gasteiger partial charge in [-0.25, -0.2) is 14.4 Å². The van der Waals surface area contributed by atoms with Crippen molar-refractivity contribution in [3.05, 3.63) is 192 Å². The van der Waals surface area contributed by atoms with Crippen molar-refractivity contribution in [1.82, 2.24) is 0 Å². The molecule has 1 aliphatic heterocycles. The van der Waals surface area contributed by atoms with Crippen molar-refractivity contribution < 1.29 is 42.8 Å². The number of esters is 3. The third-order valence-corrected chi connectivity index (χ3v) is 12.8. The van der Waals surface area contributed by atoms with Crippen LogP contribution < -0.4 is 18.9 Å². The van der Waals surface area contributed by atoms with E-state index in [9.17, 15) is 14.4 Å². The van der Waals surface area contributed by atoms with Gasteiger partial charge in [-0.1, -0.05) is 116 Å². The van der Waals surface area contributed by atoms with Crippen LogP contribution >= 0.6 is 0 Å². The fraction of sp³-hybridized carbons (Fsp3) is 0.203. The lowest BCUT2D eigenvalue weighted by Crippen LogP contribution is -2.26. The summed E-state index contributed by atoms with van der Waals surface area (Å²) in [7, 11) is 0. The zero-order valence-electron chi connectivity index (χ0n) is 37.9. The molecule has 1 saturated heterocycles. The molecule has 1 heterocycles. The minimum Gasteiger partial charge on any atom is -0.465 e. The Bertz CT molecular complexity index is 3110. The highest BCUT2D eigenvalue weighted by Crippen LogP contribution is 2.46. The lowest BCUT2D eigenvalue weighted by molar-refractivity contribution is -0.0981. The summed E-state index contributed by atoms with van der Waals surface area (Å²) in [5.41, 5.74) is 5.17. The Hall–Kier alpha value is -7.59. The molecule has 0 amide bonds. The van der Waals surface area contributed by atoms with Gasteiger partial charge in [-0.3, -0.25) is 0 Å². The summed E-state index contributed by atoms with van der Waals surface area (Å²) in [6.45, 7) is 4.77. The van der Waals surface area contributed by atoms with Gasteiger partial charge in [0.15, 0.2) is 6.29 Å². The van der Waals surface area contributed by atoms with E-state index in [0.717, 1.165) is 76.1 Å². The van der Waals surface area contributed by atoms with Gasteiger partial charge < -0.3 is 28.4 Å².